The molecule has 0 atom stereocenters. The van der Waals surface area contributed by atoms with Crippen LogP contribution in [0.15, 0.2) is 47.5 Å². The first kappa shape index (κ1) is 20.2. The SMILES string of the molecule is Cc1ccc(-c2cnc3c(-n4nncc4C(F)F)cc(C(=O)NC4(c5ncn[nH]5)CC4)cn23)o1. The molecule has 1 aliphatic carbocycles. The highest BCUT2D eigenvalue weighted by Crippen LogP contribution is 2.43. The van der Waals surface area contributed by atoms with E-state index in [9.17, 15) is 13.6 Å². The third kappa shape index (κ3) is 3.16. The van der Waals surface area contributed by atoms with Crippen LogP contribution >= 0.6 is 0 Å². The fourth-order valence-corrected chi connectivity index (χ4v) is 3.95. The molecule has 172 valence electrons. The maximum atomic E-state index is 13.6. The lowest BCUT2D eigenvalue weighted by molar-refractivity contribution is 0.0928. The summed E-state index contributed by atoms with van der Waals surface area (Å²) in [6.07, 6.45) is 4.07. The predicted octanol–water partition coefficient (Wildman–Crippen LogP) is 2.96. The number of carbonyl (C=O) groups is 1. The number of rotatable bonds is 6. The van der Waals surface area contributed by atoms with Gasteiger partial charge in [-0.1, -0.05) is 5.21 Å². The summed E-state index contributed by atoms with van der Waals surface area (Å²) in [5, 5.41) is 17.1. The second kappa shape index (κ2) is 7.30. The Morgan fingerprint density at radius 2 is 2.12 bits per heavy atom. The van der Waals surface area contributed by atoms with Crippen molar-refractivity contribution in [3.63, 3.8) is 0 Å². The highest BCUT2D eigenvalue weighted by Gasteiger charge is 2.48. The molecule has 1 saturated carbocycles. The maximum Gasteiger partial charge on any atom is 0.282 e. The number of halogens is 2. The van der Waals surface area contributed by atoms with Gasteiger partial charge < -0.3 is 9.73 Å². The van der Waals surface area contributed by atoms with Crippen LogP contribution in [0.25, 0.3) is 22.8 Å². The second-order valence-corrected chi connectivity index (χ2v) is 8.10. The van der Waals surface area contributed by atoms with Gasteiger partial charge in [0.1, 0.15) is 35.0 Å². The number of alkyl halides is 2. The summed E-state index contributed by atoms with van der Waals surface area (Å²) in [6.45, 7) is 1.81. The van der Waals surface area contributed by atoms with E-state index >= 15 is 0 Å². The van der Waals surface area contributed by atoms with Crippen molar-refractivity contribution in [1.29, 1.82) is 0 Å². The molecule has 5 aromatic rings. The first-order valence-corrected chi connectivity index (χ1v) is 10.4. The third-order valence-corrected chi connectivity index (χ3v) is 5.84. The number of fused-ring (bicyclic) bond motifs is 1. The summed E-state index contributed by atoms with van der Waals surface area (Å²) in [7, 11) is 0. The molecule has 6 rings (SSSR count). The molecule has 0 spiro atoms. The number of hydrogen-bond acceptors (Lipinski definition) is 7. The number of furan rings is 1. The molecule has 0 aliphatic heterocycles. The summed E-state index contributed by atoms with van der Waals surface area (Å²) in [5.74, 6) is 1.36. The molecule has 1 aliphatic rings. The number of H-pyrrole nitrogens is 1. The minimum atomic E-state index is -2.82. The molecular formula is C21H17F2N9O2. The Bertz CT molecular complexity index is 1510. The molecule has 0 unspecified atom stereocenters. The van der Waals surface area contributed by atoms with E-state index in [1.807, 2.05) is 0 Å². The fourth-order valence-electron chi connectivity index (χ4n) is 3.95. The van der Waals surface area contributed by atoms with Crippen LogP contribution < -0.4 is 5.32 Å². The van der Waals surface area contributed by atoms with Gasteiger partial charge in [-0.3, -0.25) is 14.3 Å². The van der Waals surface area contributed by atoms with Crippen molar-refractivity contribution in [3.05, 3.63) is 66.0 Å². The van der Waals surface area contributed by atoms with Crippen LogP contribution in [-0.4, -0.2) is 45.5 Å². The standard InChI is InChI=1S/C21H17F2N9O2/c1-11-2-3-16(34-11)14-7-24-18-13(32-15(17(22)23)8-26-30-32)6-12(9-31(14)18)19(33)28-21(4-5-21)20-25-10-27-29-20/h2-3,6-10,17H,4-5H2,1H3,(H,28,33)(H,25,27,29). The van der Waals surface area contributed by atoms with Crippen molar-refractivity contribution < 1.29 is 18.0 Å². The molecule has 0 bridgehead atoms. The first-order valence-electron chi connectivity index (χ1n) is 10.4. The van der Waals surface area contributed by atoms with Gasteiger partial charge in [-0.25, -0.2) is 23.4 Å². The molecule has 1 fully saturated rings. The van der Waals surface area contributed by atoms with Crippen molar-refractivity contribution in [2.75, 3.05) is 0 Å². The predicted molar refractivity (Wildman–Crippen MR) is 112 cm³/mol. The van der Waals surface area contributed by atoms with Crippen LogP contribution in [-0.2, 0) is 5.54 Å². The second-order valence-electron chi connectivity index (χ2n) is 8.10. The van der Waals surface area contributed by atoms with Crippen LogP contribution in [0.2, 0.25) is 0 Å². The van der Waals surface area contributed by atoms with E-state index < -0.39 is 23.6 Å². The van der Waals surface area contributed by atoms with E-state index in [1.165, 1.54) is 12.4 Å². The summed E-state index contributed by atoms with van der Waals surface area (Å²) >= 11 is 0. The van der Waals surface area contributed by atoms with E-state index in [1.54, 1.807) is 35.9 Å². The van der Waals surface area contributed by atoms with E-state index in [2.05, 4.69) is 35.8 Å². The average molecular weight is 465 g/mol. The maximum absolute atomic E-state index is 13.6. The minimum absolute atomic E-state index is 0.180. The smallest absolute Gasteiger partial charge is 0.282 e. The molecule has 0 aromatic carbocycles. The molecule has 13 heteroatoms. The van der Waals surface area contributed by atoms with Crippen LogP contribution in [0.5, 0.6) is 0 Å². The van der Waals surface area contributed by atoms with Gasteiger partial charge in [0, 0.05) is 6.20 Å². The van der Waals surface area contributed by atoms with Crippen LogP contribution in [0.4, 0.5) is 8.78 Å². The minimum Gasteiger partial charge on any atom is -0.460 e. The number of nitrogens with one attached hydrogen (secondary N) is 2. The van der Waals surface area contributed by atoms with E-state index in [0.717, 1.165) is 10.9 Å². The van der Waals surface area contributed by atoms with Gasteiger partial charge >= 0.3 is 0 Å². The lowest BCUT2D eigenvalue weighted by Crippen LogP contribution is -2.36. The topological polar surface area (TPSA) is 132 Å². The normalized spacial score (nSPS) is 14.7. The molecule has 34 heavy (non-hydrogen) atoms. The highest BCUT2D eigenvalue weighted by molar-refractivity contribution is 5.96. The van der Waals surface area contributed by atoms with Crippen molar-refractivity contribution in [2.45, 2.75) is 31.7 Å². The molecule has 2 N–H and O–H groups in total. The van der Waals surface area contributed by atoms with Crippen molar-refractivity contribution in [2.24, 2.45) is 0 Å². The highest BCUT2D eigenvalue weighted by atomic mass is 19.3. The Balaban J connectivity index is 1.50. The number of hydrogen-bond donors (Lipinski definition) is 2. The number of aryl methyl sites for hydroxylation is 1. The Labute approximate surface area is 189 Å². The van der Waals surface area contributed by atoms with Crippen molar-refractivity contribution in [1.82, 2.24) is 44.9 Å². The monoisotopic (exact) mass is 465 g/mol. The van der Waals surface area contributed by atoms with Gasteiger partial charge in [0.15, 0.2) is 11.4 Å². The lowest BCUT2D eigenvalue weighted by atomic mass is 10.2. The Kier molecular flexibility index (Phi) is 4.34. The molecule has 5 aromatic heterocycles. The number of carbonyl (C=O) groups excluding carboxylic acids is 1. The molecule has 11 nitrogen and oxygen atoms in total. The largest absolute Gasteiger partial charge is 0.460 e. The van der Waals surface area contributed by atoms with Gasteiger partial charge in [0.2, 0.25) is 0 Å². The van der Waals surface area contributed by atoms with Crippen LogP contribution in [0.3, 0.4) is 0 Å². The number of aromatic amines is 1. The Hall–Kier alpha value is -4.42. The van der Waals surface area contributed by atoms with Gasteiger partial charge in [-0.05, 0) is 38.0 Å². The van der Waals surface area contributed by atoms with E-state index in [-0.39, 0.29) is 11.3 Å². The Morgan fingerprint density at radius 1 is 1.26 bits per heavy atom. The zero-order valence-electron chi connectivity index (χ0n) is 17.7. The lowest BCUT2D eigenvalue weighted by Gasteiger charge is -2.16. The number of pyridine rings is 1. The van der Waals surface area contributed by atoms with Gasteiger partial charge in [-0.2, -0.15) is 5.10 Å². The zero-order valence-corrected chi connectivity index (χ0v) is 17.7. The quantitative estimate of drug-likeness (QED) is 0.394. The van der Waals surface area contributed by atoms with Crippen LogP contribution in [0, 0.1) is 6.92 Å². The number of amides is 1. The van der Waals surface area contributed by atoms with Crippen molar-refractivity contribution in [3.8, 4) is 17.1 Å². The Morgan fingerprint density at radius 3 is 2.79 bits per heavy atom. The number of imidazole rings is 1. The summed E-state index contributed by atoms with van der Waals surface area (Å²) in [4.78, 5) is 21.9. The summed E-state index contributed by atoms with van der Waals surface area (Å²) in [5.41, 5.74) is 0.197. The summed E-state index contributed by atoms with van der Waals surface area (Å²) < 4.78 is 35.6. The molecule has 0 saturated heterocycles. The van der Waals surface area contributed by atoms with Gasteiger partial charge in [0.25, 0.3) is 12.3 Å². The van der Waals surface area contributed by atoms with Crippen molar-refractivity contribution >= 4 is 11.6 Å². The van der Waals surface area contributed by atoms with Crippen LogP contribution in [0.1, 0.15) is 46.9 Å². The third-order valence-electron chi connectivity index (χ3n) is 5.84. The fraction of sp³-hybridized carbons (Fsp3) is 0.238. The zero-order chi connectivity index (χ0) is 23.4. The van der Waals surface area contributed by atoms with Gasteiger partial charge in [0.05, 0.1) is 23.5 Å². The van der Waals surface area contributed by atoms with E-state index in [0.29, 0.717) is 41.5 Å². The molecule has 1 amide bonds. The first-order chi connectivity index (χ1) is 16.4. The van der Waals surface area contributed by atoms with Gasteiger partial charge in [-0.15, -0.1) is 5.10 Å². The summed E-state index contributed by atoms with van der Waals surface area (Å²) in [6, 6.07) is 5.03. The number of aromatic nitrogens is 8. The number of nitrogens with zero attached hydrogens (tertiary/aromatic N) is 7. The molecule has 5 heterocycles. The average Bonchev–Trinajstić information content (AvgIpc) is 3.38. The van der Waals surface area contributed by atoms with E-state index in [4.69, 9.17) is 4.42 Å². The molecule has 0 radical (unpaired) electrons. The molecular weight excluding hydrogens is 448 g/mol.